The van der Waals surface area contributed by atoms with E-state index in [1.54, 1.807) is 0 Å². The number of carboxylic acid groups (broad SMARTS) is 1. The summed E-state index contributed by atoms with van der Waals surface area (Å²) in [5.74, 6) is -1.61. The van der Waals surface area contributed by atoms with Crippen LogP contribution < -0.4 is 0 Å². The molecule has 1 aliphatic heterocycles. The molecule has 19 heavy (non-hydrogen) atoms. The maximum absolute atomic E-state index is 12.1. The van der Waals surface area contributed by atoms with Gasteiger partial charge < -0.3 is 10.0 Å². The monoisotopic (exact) mass is 304 g/mol. The van der Waals surface area contributed by atoms with E-state index in [1.807, 2.05) is 0 Å². The zero-order valence-corrected chi connectivity index (χ0v) is 11.7. The number of sulfone groups is 1. The number of hydrogen-bond acceptors (Lipinski definition) is 6. The standard InChI is InChI=1S/C10H12N2O5S2/c1-12(6-2-3-19(16,17)5-6)9(13)8-11-7(4-18-8)10(14)15/h4,6H,2-3,5H2,1H3,(H,14,15). The molecule has 0 aromatic carbocycles. The van der Waals surface area contributed by atoms with E-state index in [-0.39, 0.29) is 28.2 Å². The molecule has 2 rings (SSSR count). The molecule has 104 valence electrons. The van der Waals surface area contributed by atoms with E-state index in [0.717, 1.165) is 11.3 Å². The third-order valence-corrected chi connectivity index (χ3v) is 5.56. The van der Waals surface area contributed by atoms with Gasteiger partial charge in [-0.05, 0) is 6.42 Å². The smallest absolute Gasteiger partial charge is 0.355 e. The fourth-order valence-corrected chi connectivity index (χ4v) is 4.41. The van der Waals surface area contributed by atoms with Crippen LogP contribution in [0.25, 0.3) is 0 Å². The minimum atomic E-state index is -3.07. The van der Waals surface area contributed by atoms with Gasteiger partial charge in [0.05, 0.1) is 11.5 Å². The van der Waals surface area contributed by atoms with Gasteiger partial charge >= 0.3 is 5.97 Å². The first-order chi connectivity index (χ1) is 8.80. The van der Waals surface area contributed by atoms with E-state index in [4.69, 9.17) is 5.11 Å². The van der Waals surface area contributed by atoms with Gasteiger partial charge in [-0.2, -0.15) is 0 Å². The van der Waals surface area contributed by atoms with Crippen LogP contribution in [-0.2, 0) is 9.84 Å². The van der Waals surface area contributed by atoms with Crippen molar-refractivity contribution in [2.45, 2.75) is 12.5 Å². The van der Waals surface area contributed by atoms with Crippen molar-refractivity contribution < 1.29 is 23.1 Å². The highest BCUT2D eigenvalue weighted by Crippen LogP contribution is 2.20. The molecule has 1 atom stereocenters. The normalized spacial score (nSPS) is 21.2. The second kappa shape index (κ2) is 4.89. The molecule has 1 amide bonds. The zero-order chi connectivity index (χ0) is 14.2. The summed E-state index contributed by atoms with van der Waals surface area (Å²) < 4.78 is 22.7. The lowest BCUT2D eigenvalue weighted by Gasteiger charge is -2.22. The zero-order valence-electron chi connectivity index (χ0n) is 10.1. The van der Waals surface area contributed by atoms with Gasteiger partial charge in [0.15, 0.2) is 20.5 Å². The van der Waals surface area contributed by atoms with Crippen LogP contribution in [0.15, 0.2) is 5.38 Å². The summed E-state index contributed by atoms with van der Waals surface area (Å²) in [6.45, 7) is 0. The first-order valence-corrected chi connectivity index (χ1v) is 8.16. The van der Waals surface area contributed by atoms with E-state index < -0.39 is 21.7 Å². The Labute approximate surface area is 113 Å². The van der Waals surface area contributed by atoms with Crippen molar-refractivity contribution in [3.05, 3.63) is 16.1 Å². The maximum atomic E-state index is 12.1. The molecule has 0 bridgehead atoms. The number of hydrogen-bond donors (Lipinski definition) is 1. The van der Waals surface area contributed by atoms with E-state index in [2.05, 4.69) is 4.98 Å². The number of thiazole rings is 1. The van der Waals surface area contributed by atoms with Gasteiger partial charge in [0.25, 0.3) is 5.91 Å². The van der Waals surface area contributed by atoms with Crippen LogP contribution in [0.1, 0.15) is 26.7 Å². The maximum Gasteiger partial charge on any atom is 0.355 e. The van der Waals surface area contributed by atoms with Crippen molar-refractivity contribution in [3.63, 3.8) is 0 Å². The number of carboxylic acids is 1. The number of amides is 1. The second-order valence-electron chi connectivity index (χ2n) is 4.32. The third-order valence-electron chi connectivity index (χ3n) is 2.98. The highest BCUT2D eigenvalue weighted by molar-refractivity contribution is 7.91. The Morgan fingerprint density at radius 1 is 1.53 bits per heavy atom. The van der Waals surface area contributed by atoms with E-state index >= 15 is 0 Å². The topological polar surface area (TPSA) is 105 Å². The van der Waals surface area contributed by atoms with Gasteiger partial charge in [-0.15, -0.1) is 11.3 Å². The number of rotatable bonds is 3. The summed E-state index contributed by atoms with van der Waals surface area (Å²) in [6, 6.07) is -0.366. The summed E-state index contributed by atoms with van der Waals surface area (Å²) in [7, 11) is -1.56. The van der Waals surface area contributed by atoms with Crippen LogP contribution in [0.4, 0.5) is 0 Å². The third kappa shape index (κ3) is 2.92. The number of aromatic nitrogens is 1. The van der Waals surface area contributed by atoms with Gasteiger partial charge in [-0.3, -0.25) is 4.79 Å². The average Bonchev–Trinajstić information content (AvgIpc) is 2.93. The van der Waals surface area contributed by atoms with Gasteiger partial charge in [0.1, 0.15) is 0 Å². The van der Waals surface area contributed by atoms with E-state index in [1.165, 1.54) is 17.3 Å². The molecule has 0 spiro atoms. The van der Waals surface area contributed by atoms with Crippen molar-refractivity contribution in [1.29, 1.82) is 0 Å². The molecule has 2 heterocycles. The number of carbonyl (C=O) groups is 2. The quantitative estimate of drug-likeness (QED) is 0.849. The summed E-state index contributed by atoms with van der Waals surface area (Å²) >= 11 is 0.940. The Balaban J connectivity index is 2.13. The van der Waals surface area contributed by atoms with Crippen LogP contribution in [0.3, 0.4) is 0 Å². The summed E-state index contributed by atoms with van der Waals surface area (Å²) in [5.41, 5.74) is -0.180. The SMILES string of the molecule is CN(C(=O)c1nc(C(=O)O)cs1)C1CCS(=O)(=O)C1. The Kier molecular flexibility index (Phi) is 3.59. The Bertz CT molecular complexity index is 622. The molecule has 1 fully saturated rings. The molecule has 0 radical (unpaired) electrons. The minimum absolute atomic E-state index is 0.0492. The van der Waals surface area contributed by atoms with Gasteiger partial charge in [0, 0.05) is 18.5 Å². The first-order valence-electron chi connectivity index (χ1n) is 5.46. The van der Waals surface area contributed by atoms with Crippen LogP contribution in [0, 0.1) is 0 Å². The lowest BCUT2D eigenvalue weighted by molar-refractivity contribution is 0.0691. The van der Waals surface area contributed by atoms with Crippen LogP contribution >= 0.6 is 11.3 Å². The average molecular weight is 304 g/mol. The molecule has 0 aliphatic carbocycles. The Morgan fingerprint density at radius 2 is 2.21 bits per heavy atom. The number of aromatic carboxylic acids is 1. The summed E-state index contributed by atoms with van der Waals surface area (Å²) in [5, 5.41) is 10.1. The molecular formula is C10H12N2O5S2. The number of nitrogens with zero attached hydrogens (tertiary/aromatic N) is 2. The van der Waals surface area contributed by atoms with Gasteiger partial charge in [-0.1, -0.05) is 0 Å². The van der Waals surface area contributed by atoms with Crippen molar-refractivity contribution in [1.82, 2.24) is 9.88 Å². The molecule has 1 aromatic rings. The molecular weight excluding hydrogens is 292 g/mol. The van der Waals surface area contributed by atoms with Crippen molar-refractivity contribution >= 4 is 33.1 Å². The largest absolute Gasteiger partial charge is 0.476 e. The molecule has 0 saturated carbocycles. The molecule has 9 heteroatoms. The number of carbonyl (C=O) groups excluding carboxylic acids is 1. The lowest BCUT2D eigenvalue weighted by Crippen LogP contribution is -2.37. The molecule has 1 aliphatic rings. The fraction of sp³-hybridized carbons (Fsp3) is 0.500. The lowest BCUT2D eigenvalue weighted by atomic mass is 10.2. The van der Waals surface area contributed by atoms with E-state index in [0.29, 0.717) is 6.42 Å². The van der Waals surface area contributed by atoms with Gasteiger partial charge in [0.2, 0.25) is 0 Å². The molecule has 1 saturated heterocycles. The van der Waals surface area contributed by atoms with Crippen molar-refractivity contribution in [3.8, 4) is 0 Å². The Hall–Kier alpha value is -1.48. The van der Waals surface area contributed by atoms with Crippen molar-refractivity contribution in [2.24, 2.45) is 0 Å². The predicted octanol–water partition coefficient (Wildman–Crippen LogP) is 0.100. The Morgan fingerprint density at radius 3 is 2.68 bits per heavy atom. The summed E-state index contributed by atoms with van der Waals surface area (Å²) in [4.78, 5) is 27.8. The van der Waals surface area contributed by atoms with Crippen LogP contribution in [0.5, 0.6) is 0 Å². The first kappa shape index (κ1) is 13.9. The van der Waals surface area contributed by atoms with Gasteiger partial charge in [-0.25, -0.2) is 18.2 Å². The highest BCUT2D eigenvalue weighted by atomic mass is 32.2. The molecule has 1 unspecified atom stereocenters. The van der Waals surface area contributed by atoms with E-state index in [9.17, 15) is 18.0 Å². The minimum Gasteiger partial charge on any atom is -0.476 e. The predicted molar refractivity (Wildman–Crippen MR) is 68.2 cm³/mol. The van der Waals surface area contributed by atoms with Crippen LogP contribution in [-0.4, -0.2) is 59.9 Å². The molecule has 1 aromatic heterocycles. The summed E-state index contributed by atoms with van der Waals surface area (Å²) in [6.07, 6.45) is 0.405. The highest BCUT2D eigenvalue weighted by Gasteiger charge is 2.33. The molecule has 7 nitrogen and oxygen atoms in total. The molecule has 1 N–H and O–H groups in total. The van der Waals surface area contributed by atoms with Crippen molar-refractivity contribution in [2.75, 3.05) is 18.6 Å². The second-order valence-corrected chi connectivity index (χ2v) is 7.40. The fourth-order valence-electron chi connectivity index (χ4n) is 1.87. The van der Waals surface area contributed by atoms with Crippen LogP contribution in [0.2, 0.25) is 0 Å².